The van der Waals surface area contributed by atoms with Crippen LogP contribution in [0.25, 0.3) is 10.2 Å². The molecule has 1 aromatic carbocycles. The number of hydrogen-bond donors (Lipinski definition) is 2. The van der Waals surface area contributed by atoms with Crippen LogP contribution in [0.4, 0.5) is 5.82 Å². The van der Waals surface area contributed by atoms with Crippen molar-refractivity contribution in [1.82, 2.24) is 20.3 Å². The molecule has 0 radical (unpaired) electrons. The number of rotatable bonds is 7. The smallest absolute Gasteiger partial charge is 0.261 e. The second-order valence-corrected chi connectivity index (χ2v) is 8.15. The zero-order valence-corrected chi connectivity index (χ0v) is 17.7. The summed E-state index contributed by atoms with van der Waals surface area (Å²) in [6.45, 7) is 5.19. The highest BCUT2D eigenvalue weighted by Crippen LogP contribution is 2.33. The fourth-order valence-electron chi connectivity index (χ4n) is 3.32. The first-order chi connectivity index (χ1) is 14.6. The Balaban J connectivity index is 1.50. The molecule has 0 bridgehead atoms. The molecule has 0 aliphatic rings. The molecule has 7 heteroatoms. The van der Waals surface area contributed by atoms with Gasteiger partial charge in [0.1, 0.15) is 17.0 Å². The highest BCUT2D eigenvalue weighted by Gasteiger charge is 2.20. The lowest BCUT2D eigenvalue weighted by Gasteiger charge is -2.13. The van der Waals surface area contributed by atoms with Crippen LogP contribution in [0.15, 0.2) is 61.1 Å². The van der Waals surface area contributed by atoms with E-state index in [1.54, 1.807) is 6.20 Å². The lowest BCUT2D eigenvalue weighted by atomic mass is 10.0. The second kappa shape index (κ2) is 9.00. The van der Waals surface area contributed by atoms with Gasteiger partial charge in [-0.3, -0.25) is 9.78 Å². The van der Waals surface area contributed by atoms with Crippen molar-refractivity contribution in [2.24, 2.45) is 0 Å². The highest BCUT2D eigenvalue weighted by molar-refractivity contribution is 7.20. The molecule has 1 amide bonds. The highest BCUT2D eigenvalue weighted by atomic mass is 32.1. The molecule has 0 aliphatic carbocycles. The Hall–Kier alpha value is -3.32. The Morgan fingerprint density at radius 2 is 1.87 bits per heavy atom. The van der Waals surface area contributed by atoms with Crippen molar-refractivity contribution in [1.29, 1.82) is 0 Å². The maximum atomic E-state index is 12.9. The van der Waals surface area contributed by atoms with Gasteiger partial charge in [0.25, 0.3) is 5.91 Å². The van der Waals surface area contributed by atoms with E-state index in [1.807, 2.05) is 43.3 Å². The van der Waals surface area contributed by atoms with Gasteiger partial charge in [-0.25, -0.2) is 9.97 Å². The Kier molecular flexibility index (Phi) is 5.99. The molecule has 2 N–H and O–H groups in total. The summed E-state index contributed by atoms with van der Waals surface area (Å²) < 4.78 is 0. The number of hydrogen-bond acceptors (Lipinski definition) is 6. The fraction of sp³-hybridized carbons (Fsp3) is 0.217. The van der Waals surface area contributed by atoms with Crippen molar-refractivity contribution < 1.29 is 4.79 Å². The number of aryl methyl sites for hydroxylation is 1. The van der Waals surface area contributed by atoms with Gasteiger partial charge in [-0.15, -0.1) is 11.3 Å². The quantitative estimate of drug-likeness (QED) is 0.461. The number of anilines is 1. The van der Waals surface area contributed by atoms with E-state index in [9.17, 15) is 4.79 Å². The van der Waals surface area contributed by atoms with Crippen LogP contribution in [0.1, 0.15) is 39.3 Å². The number of carbonyl (C=O) groups is 1. The Labute approximate surface area is 179 Å². The third-order valence-electron chi connectivity index (χ3n) is 5.03. The Morgan fingerprint density at radius 3 is 2.63 bits per heavy atom. The van der Waals surface area contributed by atoms with Gasteiger partial charge < -0.3 is 10.6 Å². The number of amides is 1. The normalized spacial score (nSPS) is 11.9. The molecule has 0 saturated heterocycles. The van der Waals surface area contributed by atoms with Crippen LogP contribution in [0, 0.1) is 6.92 Å². The summed E-state index contributed by atoms with van der Waals surface area (Å²) >= 11 is 1.40. The van der Waals surface area contributed by atoms with E-state index in [-0.39, 0.29) is 11.8 Å². The van der Waals surface area contributed by atoms with Crippen molar-refractivity contribution in [3.05, 3.63) is 82.8 Å². The maximum Gasteiger partial charge on any atom is 0.261 e. The van der Waals surface area contributed by atoms with Gasteiger partial charge in [0.05, 0.1) is 22.5 Å². The first kappa shape index (κ1) is 20.0. The van der Waals surface area contributed by atoms with E-state index in [1.165, 1.54) is 23.2 Å². The number of thiophene rings is 1. The lowest BCUT2D eigenvalue weighted by molar-refractivity contribution is 0.0955. The molecule has 0 spiro atoms. The first-order valence-corrected chi connectivity index (χ1v) is 10.7. The SMILES string of the molecule is Cc1c(C(=O)NC[C@H](C)c2ccccc2)sc2ncnc(NCc3ccccn3)c12. The molecule has 3 aromatic heterocycles. The molecule has 30 heavy (non-hydrogen) atoms. The minimum Gasteiger partial charge on any atom is -0.364 e. The largest absolute Gasteiger partial charge is 0.364 e. The molecule has 4 rings (SSSR count). The molecular formula is C23H23N5OS. The van der Waals surface area contributed by atoms with Crippen molar-refractivity contribution in [2.45, 2.75) is 26.3 Å². The van der Waals surface area contributed by atoms with Crippen LogP contribution in [0.3, 0.4) is 0 Å². The van der Waals surface area contributed by atoms with Crippen LogP contribution in [0.5, 0.6) is 0 Å². The molecule has 0 aliphatic heterocycles. The lowest BCUT2D eigenvalue weighted by Crippen LogP contribution is -2.27. The van der Waals surface area contributed by atoms with Gasteiger partial charge in [-0.2, -0.15) is 0 Å². The van der Waals surface area contributed by atoms with Crippen LogP contribution < -0.4 is 10.6 Å². The minimum absolute atomic E-state index is 0.0750. The van der Waals surface area contributed by atoms with E-state index in [4.69, 9.17) is 0 Å². The number of aromatic nitrogens is 3. The predicted molar refractivity (Wildman–Crippen MR) is 121 cm³/mol. The average molecular weight is 418 g/mol. The third-order valence-corrected chi connectivity index (χ3v) is 6.23. The van der Waals surface area contributed by atoms with Crippen LogP contribution in [-0.4, -0.2) is 27.4 Å². The van der Waals surface area contributed by atoms with Gasteiger partial charge in [-0.1, -0.05) is 43.3 Å². The summed E-state index contributed by atoms with van der Waals surface area (Å²) in [5.74, 6) is 0.880. The van der Waals surface area contributed by atoms with Crippen LogP contribution >= 0.6 is 11.3 Å². The fourth-order valence-corrected chi connectivity index (χ4v) is 4.39. The molecule has 3 heterocycles. The van der Waals surface area contributed by atoms with Crippen LogP contribution in [0.2, 0.25) is 0 Å². The number of nitrogens with one attached hydrogen (secondary N) is 2. The van der Waals surface area contributed by atoms with Gasteiger partial charge in [-0.05, 0) is 36.1 Å². The van der Waals surface area contributed by atoms with E-state index in [0.29, 0.717) is 18.0 Å². The maximum absolute atomic E-state index is 12.9. The monoisotopic (exact) mass is 417 g/mol. The number of nitrogens with zero attached hydrogens (tertiary/aromatic N) is 3. The molecular weight excluding hydrogens is 394 g/mol. The average Bonchev–Trinajstić information content (AvgIpc) is 3.14. The molecule has 0 saturated carbocycles. The minimum atomic E-state index is -0.0750. The Morgan fingerprint density at radius 1 is 1.07 bits per heavy atom. The first-order valence-electron chi connectivity index (χ1n) is 9.84. The van der Waals surface area contributed by atoms with Crippen molar-refractivity contribution in [3.8, 4) is 0 Å². The van der Waals surface area contributed by atoms with Gasteiger partial charge in [0.15, 0.2) is 0 Å². The number of benzene rings is 1. The molecule has 6 nitrogen and oxygen atoms in total. The number of fused-ring (bicyclic) bond motifs is 1. The number of carbonyl (C=O) groups excluding carboxylic acids is 1. The molecule has 152 valence electrons. The van der Waals surface area contributed by atoms with E-state index in [0.717, 1.165) is 27.3 Å². The van der Waals surface area contributed by atoms with Gasteiger partial charge >= 0.3 is 0 Å². The van der Waals surface area contributed by atoms with Crippen molar-refractivity contribution in [3.63, 3.8) is 0 Å². The van der Waals surface area contributed by atoms with Crippen molar-refractivity contribution in [2.75, 3.05) is 11.9 Å². The standard InChI is InChI=1S/C23H23N5OS/c1-15(17-8-4-3-5-9-17)12-26-22(29)20-16(2)19-21(27-14-28-23(19)30-20)25-13-18-10-6-7-11-24-18/h3-11,14-15H,12-13H2,1-2H3,(H,26,29)(H,25,27,28)/t15-/m0/s1. The molecule has 0 fully saturated rings. The summed E-state index contributed by atoms with van der Waals surface area (Å²) in [6, 6.07) is 16.0. The van der Waals surface area contributed by atoms with Crippen LogP contribution in [-0.2, 0) is 6.54 Å². The number of pyridine rings is 1. The summed E-state index contributed by atoms with van der Waals surface area (Å²) in [5, 5.41) is 7.29. The molecule has 4 aromatic rings. The summed E-state index contributed by atoms with van der Waals surface area (Å²) in [5.41, 5.74) is 3.02. The summed E-state index contributed by atoms with van der Waals surface area (Å²) in [7, 11) is 0. The summed E-state index contributed by atoms with van der Waals surface area (Å²) in [4.78, 5) is 27.5. The van der Waals surface area contributed by atoms with E-state index >= 15 is 0 Å². The predicted octanol–water partition coefficient (Wildman–Crippen LogP) is 4.54. The van der Waals surface area contributed by atoms with Crippen molar-refractivity contribution >= 4 is 33.3 Å². The zero-order valence-electron chi connectivity index (χ0n) is 16.9. The molecule has 0 unspecified atom stereocenters. The Bertz CT molecular complexity index is 1140. The third kappa shape index (κ3) is 4.31. The second-order valence-electron chi connectivity index (χ2n) is 7.15. The van der Waals surface area contributed by atoms with E-state index < -0.39 is 0 Å². The van der Waals surface area contributed by atoms with E-state index in [2.05, 4.69) is 44.6 Å². The zero-order chi connectivity index (χ0) is 20.9. The topological polar surface area (TPSA) is 79.8 Å². The molecule has 1 atom stereocenters. The summed E-state index contributed by atoms with van der Waals surface area (Å²) in [6.07, 6.45) is 3.29. The van der Waals surface area contributed by atoms with Gasteiger partial charge in [0.2, 0.25) is 0 Å². The van der Waals surface area contributed by atoms with Gasteiger partial charge in [0, 0.05) is 12.7 Å².